The Morgan fingerprint density at radius 3 is 2.67 bits per heavy atom. The molecule has 0 spiro atoms. The minimum Gasteiger partial charge on any atom is -0.476 e. The van der Waals surface area contributed by atoms with E-state index in [0.717, 1.165) is 23.5 Å². The largest absolute Gasteiger partial charge is 0.476 e. The Morgan fingerprint density at radius 2 is 2.10 bits per heavy atom. The van der Waals surface area contributed by atoms with Gasteiger partial charge in [-0.2, -0.15) is 0 Å². The number of benzene rings is 1. The summed E-state index contributed by atoms with van der Waals surface area (Å²) in [6.07, 6.45) is 0. The van der Waals surface area contributed by atoms with Crippen molar-refractivity contribution in [1.29, 1.82) is 0 Å². The van der Waals surface area contributed by atoms with Crippen LogP contribution in [-0.2, 0) is 0 Å². The highest BCUT2D eigenvalue weighted by Gasteiger charge is 2.17. The van der Waals surface area contributed by atoms with Gasteiger partial charge in [0.15, 0.2) is 10.7 Å². The maximum absolute atomic E-state index is 13.2. The predicted octanol–water partition coefficient (Wildman–Crippen LogP) is 2.14. The predicted molar refractivity (Wildman–Crippen MR) is 70.1 cm³/mol. The highest BCUT2D eigenvalue weighted by atomic mass is 32.1. The average Bonchev–Trinajstić information content (AvgIpc) is 2.87. The molecule has 0 atom stereocenters. The number of hydrogen-bond donors (Lipinski definition) is 2. The Labute approximate surface area is 120 Å². The number of aromatic nitrogens is 1. The number of halogens is 1. The summed E-state index contributed by atoms with van der Waals surface area (Å²) in [5.41, 5.74) is -0.940. The molecule has 1 amide bonds. The van der Waals surface area contributed by atoms with Crippen LogP contribution in [0.4, 0.5) is 15.8 Å². The number of non-ortho nitro benzene ring substituents is 1. The number of carboxylic acids is 1. The summed E-state index contributed by atoms with van der Waals surface area (Å²) in [6, 6.07) is 2.59. The first kappa shape index (κ1) is 14.5. The van der Waals surface area contributed by atoms with E-state index in [1.54, 1.807) is 0 Å². The van der Waals surface area contributed by atoms with Crippen molar-refractivity contribution in [3.63, 3.8) is 0 Å². The van der Waals surface area contributed by atoms with Gasteiger partial charge in [-0.3, -0.25) is 14.9 Å². The van der Waals surface area contributed by atoms with Crippen LogP contribution in [-0.4, -0.2) is 26.9 Å². The van der Waals surface area contributed by atoms with Gasteiger partial charge in [0.05, 0.1) is 16.7 Å². The highest BCUT2D eigenvalue weighted by molar-refractivity contribution is 7.12. The maximum atomic E-state index is 13.2. The van der Waals surface area contributed by atoms with Crippen molar-refractivity contribution in [3.05, 3.63) is 50.2 Å². The number of nitrogens with zero attached hydrogens (tertiary/aromatic N) is 2. The van der Waals surface area contributed by atoms with Gasteiger partial charge in [-0.25, -0.2) is 14.2 Å². The molecule has 21 heavy (non-hydrogen) atoms. The topological polar surface area (TPSA) is 122 Å². The van der Waals surface area contributed by atoms with Gasteiger partial charge in [-0.15, -0.1) is 11.3 Å². The number of thiazole rings is 1. The highest BCUT2D eigenvalue weighted by Crippen LogP contribution is 2.21. The van der Waals surface area contributed by atoms with Gasteiger partial charge in [0.1, 0.15) is 5.82 Å². The lowest BCUT2D eigenvalue weighted by Gasteiger charge is -2.03. The first-order valence-electron chi connectivity index (χ1n) is 5.32. The molecule has 2 rings (SSSR count). The Balaban J connectivity index is 2.22. The summed E-state index contributed by atoms with van der Waals surface area (Å²) >= 11 is 0.788. The summed E-state index contributed by atoms with van der Waals surface area (Å²) in [4.78, 5) is 35.8. The molecule has 0 bridgehead atoms. The Kier molecular flexibility index (Phi) is 3.89. The number of carbonyl (C=O) groups is 2. The fourth-order valence-electron chi connectivity index (χ4n) is 1.41. The summed E-state index contributed by atoms with van der Waals surface area (Å²) in [5.74, 6) is -2.95. The summed E-state index contributed by atoms with van der Waals surface area (Å²) < 4.78 is 13.2. The van der Waals surface area contributed by atoms with E-state index >= 15 is 0 Å². The summed E-state index contributed by atoms with van der Waals surface area (Å²) in [5, 5.41) is 22.5. The zero-order valence-corrected chi connectivity index (χ0v) is 10.9. The van der Waals surface area contributed by atoms with Crippen LogP contribution in [0.3, 0.4) is 0 Å². The van der Waals surface area contributed by atoms with E-state index in [0.29, 0.717) is 6.07 Å². The number of carboxylic acid groups (broad SMARTS) is 1. The molecular formula is C11H6FN3O5S. The third-order valence-corrected chi connectivity index (χ3v) is 3.11. The number of amides is 1. The second kappa shape index (κ2) is 5.63. The average molecular weight is 311 g/mol. The first-order valence-corrected chi connectivity index (χ1v) is 6.20. The quantitative estimate of drug-likeness (QED) is 0.658. The van der Waals surface area contributed by atoms with Crippen molar-refractivity contribution in [1.82, 2.24) is 4.98 Å². The molecule has 2 aromatic rings. The Hall–Kier alpha value is -2.88. The van der Waals surface area contributed by atoms with E-state index in [-0.39, 0.29) is 16.4 Å². The summed E-state index contributed by atoms with van der Waals surface area (Å²) in [6.45, 7) is 0. The normalized spacial score (nSPS) is 10.1. The van der Waals surface area contributed by atoms with Crippen LogP contribution >= 0.6 is 11.3 Å². The standard InChI is InChI=1S/C11H6FN3O5S/c12-5-1-6(3-7(2-5)15(19)20)13-9(16)10-14-8(4-21-10)11(17)18/h1-4H,(H,13,16)(H,17,18). The van der Waals surface area contributed by atoms with Crippen LogP contribution in [0.1, 0.15) is 20.3 Å². The van der Waals surface area contributed by atoms with Gasteiger partial charge >= 0.3 is 5.97 Å². The van der Waals surface area contributed by atoms with Crippen molar-refractivity contribution >= 4 is 34.6 Å². The third kappa shape index (κ3) is 3.36. The Morgan fingerprint density at radius 1 is 1.38 bits per heavy atom. The second-order valence-corrected chi connectivity index (χ2v) is 4.61. The number of nitro benzene ring substituents is 1. The van der Waals surface area contributed by atoms with E-state index in [1.807, 2.05) is 0 Å². The SMILES string of the molecule is O=C(O)c1csc(C(=O)Nc2cc(F)cc([N+](=O)[O-])c2)n1. The molecule has 0 unspecified atom stereocenters. The van der Waals surface area contributed by atoms with Crippen LogP contribution in [0, 0.1) is 15.9 Å². The molecule has 1 heterocycles. The lowest BCUT2D eigenvalue weighted by Crippen LogP contribution is -2.12. The number of carbonyl (C=O) groups excluding carboxylic acids is 1. The van der Waals surface area contributed by atoms with Crippen molar-refractivity contribution in [2.24, 2.45) is 0 Å². The van der Waals surface area contributed by atoms with Crippen LogP contribution in [0.25, 0.3) is 0 Å². The van der Waals surface area contributed by atoms with Crippen molar-refractivity contribution in [3.8, 4) is 0 Å². The molecular weight excluding hydrogens is 305 g/mol. The molecule has 1 aromatic carbocycles. The molecule has 0 saturated heterocycles. The van der Waals surface area contributed by atoms with Crippen molar-refractivity contribution in [2.45, 2.75) is 0 Å². The molecule has 1 aromatic heterocycles. The molecule has 10 heteroatoms. The fraction of sp³-hybridized carbons (Fsp3) is 0. The first-order chi connectivity index (χ1) is 9.86. The zero-order chi connectivity index (χ0) is 15.6. The molecule has 0 aliphatic heterocycles. The Bertz CT molecular complexity index is 745. The second-order valence-electron chi connectivity index (χ2n) is 3.75. The third-order valence-electron chi connectivity index (χ3n) is 2.27. The van der Waals surface area contributed by atoms with Gasteiger partial charge in [0.2, 0.25) is 0 Å². The summed E-state index contributed by atoms with van der Waals surface area (Å²) in [7, 11) is 0. The molecule has 8 nitrogen and oxygen atoms in total. The van der Waals surface area contributed by atoms with Gasteiger partial charge in [-0.1, -0.05) is 0 Å². The molecule has 108 valence electrons. The molecule has 0 aliphatic rings. The smallest absolute Gasteiger partial charge is 0.355 e. The lowest BCUT2D eigenvalue weighted by atomic mass is 10.2. The van der Waals surface area contributed by atoms with Crippen LogP contribution in [0.5, 0.6) is 0 Å². The van der Waals surface area contributed by atoms with Gasteiger partial charge < -0.3 is 10.4 Å². The number of nitro groups is 1. The lowest BCUT2D eigenvalue weighted by molar-refractivity contribution is -0.385. The monoisotopic (exact) mass is 311 g/mol. The van der Waals surface area contributed by atoms with E-state index in [4.69, 9.17) is 5.11 Å². The maximum Gasteiger partial charge on any atom is 0.355 e. The minimum atomic E-state index is -1.29. The minimum absolute atomic E-state index is 0.126. The fourth-order valence-corrected chi connectivity index (χ4v) is 2.10. The molecule has 2 N–H and O–H groups in total. The zero-order valence-electron chi connectivity index (χ0n) is 10.1. The number of hydrogen-bond acceptors (Lipinski definition) is 6. The van der Waals surface area contributed by atoms with Crippen LogP contribution in [0.2, 0.25) is 0 Å². The molecule has 0 radical (unpaired) electrons. The van der Waals surface area contributed by atoms with Crippen LogP contribution in [0.15, 0.2) is 23.6 Å². The van der Waals surface area contributed by atoms with E-state index in [9.17, 15) is 24.1 Å². The van der Waals surface area contributed by atoms with Crippen LogP contribution < -0.4 is 5.32 Å². The van der Waals surface area contributed by atoms with Gasteiger partial charge in [0.25, 0.3) is 11.6 Å². The number of aromatic carboxylic acids is 1. The molecule has 0 aliphatic carbocycles. The van der Waals surface area contributed by atoms with E-state index < -0.39 is 28.3 Å². The number of rotatable bonds is 4. The van der Waals surface area contributed by atoms with Gasteiger partial charge in [0, 0.05) is 11.4 Å². The molecule has 0 fully saturated rings. The van der Waals surface area contributed by atoms with Gasteiger partial charge in [-0.05, 0) is 6.07 Å². The van der Waals surface area contributed by atoms with E-state index in [2.05, 4.69) is 10.3 Å². The van der Waals surface area contributed by atoms with Crippen molar-refractivity contribution in [2.75, 3.05) is 5.32 Å². The van der Waals surface area contributed by atoms with Crippen molar-refractivity contribution < 1.29 is 24.0 Å². The van der Waals surface area contributed by atoms with E-state index in [1.165, 1.54) is 5.38 Å². The molecule has 0 saturated carbocycles. The number of nitrogens with one attached hydrogen (secondary N) is 1. The number of anilines is 1.